The first-order chi connectivity index (χ1) is 9.97. The quantitative estimate of drug-likeness (QED) is 0.532. The topological polar surface area (TPSA) is 54.3 Å². The maximum absolute atomic E-state index is 12.5. The van der Waals surface area contributed by atoms with Gasteiger partial charge in [-0.15, -0.1) is 6.58 Å². The van der Waals surface area contributed by atoms with Gasteiger partial charge in [0, 0.05) is 38.6 Å². The molecule has 0 fully saturated rings. The highest BCUT2D eigenvalue weighted by molar-refractivity contribution is 7.89. The summed E-state index contributed by atoms with van der Waals surface area (Å²) in [7, 11) is -1.87. The Morgan fingerprint density at radius 3 is 2.67 bits per heavy atom. The van der Waals surface area contributed by atoms with Crippen molar-refractivity contribution in [2.24, 2.45) is 0 Å². The molecule has 0 saturated heterocycles. The molecule has 0 aliphatic heterocycles. The fourth-order valence-corrected chi connectivity index (χ4v) is 3.32. The van der Waals surface area contributed by atoms with E-state index in [-0.39, 0.29) is 0 Å². The largest absolute Gasteiger partial charge is 0.349 e. The number of nitrogens with one attached hydrogen (secondary N) is 1. The van der Waals surface area contributed by atoms with Crippen LogP contribution in [0, 0.1) is 0 Å². The summed E-state index contributed by atoms with van der Waals surface area (Å²) in [6.45, 7) is 10.5. The van der Waals surface area contributed by atoms with E-state index < -0.39 is 10.0 Å². The van der Waals surface area contributed by atoms with Gasteiger partial charge in [-0.05, 0) is 25.5 Å². The van der Waals surface area contributed by atoms with Crippen LogP contribution in [0.5, 0.6) is 0 Å². The number of aromatic nitrogens is 1. The first-order valence-electron chi connectivity index (χ1n) is 7.44. The molecule has 0 radical (unpaired) electrons. The highest BCUT2D eigenvalue weighted by Crippen LogP contribution is 2.18. The summed E-state index contributed by atoms with van der Waals surface area (Å²) in [5.74, 6) is 0. The molecule has 6 heteroatoms. The van der Waals surface area contributed by atoms with Crippen molar-refractivity contribution in [1.29, 1.82) is 0 Å². The van der Waals surface area contributed by atoms with Crippen molar-refractivity contribution in [3.8, 4) is 0 Å². The summed E-state index contributed by atoms with van der Waals surface area (Å²) >= 11 is 0. The number of hydrogen-bond donors (Lipinski definition) is 1. The normalized spacial score (nSPS) is 12.0. The van der Waals surface area contributed by atoms with Crippen LogP contribution in [-0.2, 0) is 23.1 Å². The Bertz CT molecular complexity index is 549. The molecular weight excluding hydrogens is 286 g/mol. The van der Waals surface area contributed by atoms with Crippen LogP contribution >= 0.6 is 0 Å². The summed E-state index contributed by atoms with van der Waals surface area (Å²) in [6, 6.07) is 1.77. The van der Waals surface area contributed by atoms with Gasteiger partial charge in [0.05, 0.1) is 0 Å². The van der Waals surface area contributed by atoms with Gasteiger partial charge in [-0.2, -0.15) is 4.31 Å². The lowest BCUT2D eigenvalue weighted by molar-refractivity contribution is 0.499. The number of aryl methyl sites for hydroxylation is 1. The standard InChI is InChI=1S/C15H27N3O2S/c1-5-8-16-12-14-11-15(13-18(14)10-7-3)21(19,20)17(4)9-6-2/h6,11,13,16H,2,5,7-10,12H2,1,3-4H3. The first-order valence-corrected chi connectivity index (χ1v) is 8.88. The highest BCUT2D eigenvalue weighted by atomic mass is 32.2. The van der Waals surface area contributed by atoms with E-state index >= 15 is 0 Å². The fraction of sp³-hybridized carbons (Fsp3) is 0.600. The first kappa shape index (κ1) is 17.9. The second kappa shape index (κ2) is 8.36. The monoisotopic (exact) mass is 313 g/mol. The summed E-state index contributed by atoms with van der Waals surface area (Å²) in [5, 5.41) is 3.32. The van der Waals surface area contributed by atoms with Crippen molar-refractivity contribution >= 4 is 10.0 Å². The van der Waals surface area contributed by atoms with Crippen molar-refractivity contribution in [3.63, 3.8) is 0 Å². The molecule has 0 saturated carbocycles. The maximum Gasteiger partial charge on any atom is 0.244 e. The minimum Gasteiger partial charge on any atom is -0.349 e. The predicted molar refractivity (Wildman–Crippen MR) is 86.7 cm³/mol. The molecule has 0 bridgehead atoms. The third kappa shape index (κ3) is 4.69. The van der Waals surface area contributed by atoms with E-state index in [0.717, 1.165) is 31.6 Å². The lowest BCUT2D eigenvalue weighted by Gasteiger charge is -2.13. The van der Waals surface area contributed by atoms with E-state index in [1.54, 1.807) is 25.4 Å². The SMILES string of the molecule is C=CCN(C)S(=O)(=O)c1cc(CNCCC)n(CCC)c1. The van der Waals surface area contributed by atoms with Gasteiger partial charge in [-0.25, -0.2) is 8.42 Å². The zero-order valence-electron chi connectivity index (χ0n) is 13.3. The number of likely N-dealkylation sites (N-methyl/N-ethyl adjacent to an activating group) is 1. The Balaban J connectivity index is 3.02. The van der Waals surface area contributed by atoms with Gasteiger partial charge in [0.1, 0.15) is 4.90 Å². The van der Waals surface area contributed by atoms with Gasteiger partial charge in [0.25, 0.3) is 0 Å². The number of hydrogen-bond acceptors (Lipinski definition) is 3. The summed E-state index contributed by atoms with van der Waals surface area (Å²) < 4.78 is 28.3. The van der Waals surface area contributed by atoms with Crippen molar-refractivity contribution in [2.75, 3.05) is 20.1 Å². The van der Waals surface area contributed by atoms with Crippen LogP contribution in [0.15, 0.2) is 29.8 Å². The average molecular weight is 313 g/mol. The predicted octanol–water partition coefficient (Wildman–Crippen LogP) is 2.20. The zero-order valence-corrected chi connectivity index (χ0v) is 14.1. The number of nitrogens with zero attached hydrogens (tertiary/aromatic N) is 2. The van der Waals surface area contributed by atoms with Crippen LogP contribution in [0.1, 0.15) is 32.4 Å². The third-order valence-corrected chi connectivity index (χ3v) is 5.04. The Kier molecular flexibility index (Phi) is 7.14. The minimum atomic E-state index is -3.44. The second-order valence-electron chi connectivity index (χ2n) is 5.11. The Labute approximate surface area is 128 Å². The highest BCUT2D eigenvalue weighted by Gasteiger charge is 2.22. The summed E-state index contributed by atoms with van der Waals surface area (Å²) in [6.07, 6.45) is 5.35. The molecular formula is C15H27N3O2S. The van der Waals surface area contributed by atoms with E-state index in [4.69, 9.17) is 0 Å². The third-order valence-electron chi connectivity index (χ3n) is 3.25. The molecule has 0 aliphatic rings. The van der Waals surface area contributed by atoms with Gasteiger partial charge in [-0.1, -0.05) is 19.9 Å². The van der Waals surface area contributed by atoms with Gasteiger partial charge in [0.2, 0.25) is 10.0 Å². The molecule has 21 heavy (non-hydrogen) atoms. The Morgan fingerprint density at radius 2 is 2.10 bits per heavy atom. The van der Waals surface area contributed by atoms with Gasteiger partial charge < -0.3 is 9.88 Å². The minimum absolute atomic E-state index is 0.310. The molecule has 1 N–H and O–H groups in total. The smallest absolute Gasteiger partial charge is 0.244 e. The molecule has 1 aromatic heterocycles. The molecule has 0 unspecified atom stereocenters. The van der Waals surface area contributed by atoms with Crippen LogP contribution in [0.2, 0.25) is 0 Å². The molecule has 1 rings (SSSR count). The van der Waals surface area contributed by atoms with Crippen molar-refractivity contribution in [3.05, 3.63) is 30.6 Å². The van der Waals surface area contributed by atoms with Crippen molar-refractivity contribution < 1.29 is 8.42 Å². The van der Waals surface area contributed by atoms with Gasteiger partial charge >= 0.3 is 0 Å². The van der Waals surface area contributed by atoms with Crippen LogP contribution in [0.4, 0.5) is 0 Å². The van der Waals surface area contributed by atoms with E-state index in [2.05, 4.69) is 25.7 Å². The number of rotatable bonds is 10. The van der Waals surface area contributed by atoms with E-state index in [1.807, 2.05) is 4.57 Å². The molecule has 0 aliphatic carbocycles. The van der Waals surface area contributed by atoms with E-state index in [0.29, 0.717) is 18.0 Å². The molecule has 5 nitrogen and oxygen atoms in total. The molecule has 0 amide bonds. The van der Waals surface area contributed by atoms with Crippen LogP contribution < -0.4 is 5.32 Å². The van der Waals surface area contributed by atoms with E-state index in [1.165, 1.54) is 4.31 Å². The van der Waals surface area contributed by atoms with Crippen molar-refractivity contribution in [2.45, 2.75) is 44.7 Å². The Morgan fingerprint density at radius 1 is 1.38 bits per heavy atom. The molecule has 0 aromatic carbocycles. The van der Waals surface area contributed by atoms with Gasteiger partial charge in [0.15, 0.2) is 0 Å². The molecule has 1 aromatic rings. The number of sulfonamides is 1. The van der Waals surface area contributed by atoms with Crippen LogP contribution in [-0.4, -0.2) is 37.4 Å². The summed E-state index contributed by atoms with van der Waals surface area (Å²) in [4.78, 5) is 0.355. The maximum atomic E-state index is 12.5. The zero-order chi connectivity index (χ0) is 15.9. The van der Waals surface area contributed by atoms with E-state index in [9.17, 15) is 8.42 Å². The second-order valence-corrected chi connectivity index (χ2v) is 7.16. The molecule has 1 heterocycles. The molecule has 120 valence electrons. The molecule has 0 spiro atoms. The fourth-order valence-electron chi connectivity index (χ4n) is 2.12. The van der Waals surface area contributed by atoms with Crippen molar-refractivity contribution in [1.82, 2.24) is 14.2 Å². The van der Waals surface area contributed by atoms with Crippen LogP contribution in [0.3, 0.4) is 0 Å². The molecule has 0 atom stereocenters. The summed E-state index contributed by atoms with van der Waals surface area (Å²) in [5.41, 5.74) is 1.01. The lowest BCUT2D eigenvalue weighted by atomic mass is 10.4. The average Bonchev–Trinajstić information content (AvgIpc) is 2.84. The lowest BCUT2D eigenvalue weighted by Crippen LogP contribution is -2.26. The van der Waals surface area contributed by atoms with Gasteiger partial charge in [-0.3, -0.25) is 0 Å². The van der Waals surface area contributed by atoms with Crippen LogP contribution in [0.25, 0.3) is 0 Å². The Hall–Kier alpha value is -1.11.